The number of thiophene rings is 1. The van der Waals surface area contributed by atoms with Crippen molar-refractivity contribution in [1.29, 1.82) is 0 Å². The Morgan fingerprint density at radius 2 is 2.08 bits per heavy atom. The van der Waals surface area contributed by atoms with Crippen LogP contribution >= 0.6 is 22.9 Å². The van der Waals surface area contributed by atoms with Crippen molar-refractivity contribution >= 4 is 34.7 Å². The summed E-state index contributed by atoms with van der Waals surface area (Å²) in [4.78, 5) is 15.3. The number of likely N-dealkylation sites (tertiary alicyclic amines) is 1. The molecule has 0 bridgehead atoms. The standard InChI is InChI=1S/C18H21ClN2O2S/c1-12-14(19)4-2-5-15(12)20-18(23)21-9-7-13(8-10-21)17(22)16-6-3-11-24-16/h2-6,11,13,17,22H,7-10H2,1H3,(H,20,23). The number of nitrogens with zero attached hydrogens (tertiary/aromatic N) is 1. The third-order valence-electron chi connectivity index (χ3n) is 4.62. The van der Waals surface area contributed by atoms with Crippen LogP contribution < -0.4 is 5.32 Å². The van der Waals surface area contributed by atoms with Crippen LogP contribution in [-0.2, 0) is 0 Å². The van der Waals surface area contributed by atoms with E-state index < -0.39 is 6.10 Å². The molecule has 24 heavy (non-hydrogen) atoms. The number of urea groups is 1. The van der Waals surface area contributed by atoms with Crippen molar-refractivity contribution in [2.45, 2.75) is 25.9 Å². The number of halogens is 1. The van der Waals surface area contributed by atoms with Crippen LogP contribution in [0.15, 0.2) is 35.7 Å². The van der Waals surface area contributed by atoms with E-state index in [2.05, 4.69) is 5.32 Å². The molecular weight excluding hydrogens is 344 g/mol. The number of benzene rings is 1. The number of carbonyl (C=O) groups excluding carboxylic acids is 1. The molecular formula is C18H21ClN2O2S. The van der Waals surface area contributed by atoms with E-state index in [1.807, 2.05) is 42.6 Å². The Labute approximate surface area is 151 Å². The molecule has 1 fully saturated rings. The van der Waals surface area contributed by atoms with Crippen LogP contribution in [0.25, 0.3) is 0 Å². The van der Waals surface area contributed by atoms with Gasteiger partial charge in [-0.25, -0.2) is 4.79 Å². The third-order valence-corrected chi connectivity index (χ3v) is 5.97. The molecule has 2 aromatic rings. The van der Waals surface area contributed by atoms with Crippen molar-refractivity contribution in [3.05, 3.63) is 51.2 Å². The van der Waals surface area contributed by atoms with Crippen LogP contribution in [0.2, 0.25) is 5.02 Å². The number of carbonyl (C=O) groups is 1. The van der Waals surface area contributed by atoms with Gasteiger partial charge in [-0.05, 0) is 54.8 Å². The number of hydrogen-bond donors (Lipinski definition) is 2. The fraction of sp³-hybridized carbons (Fsp3) is 0.389. The van der Waals surface area contributed by atoms with E-state index >= 15 is 0 Å². The van der Waals surface area contributed by atoms with Crippen molar-refractivity contribution < 1.29 is 9.90 Å². The van der Waals surface area contributed by atoms with Gasteiger partial charge in [-0.2, -0.15) is 0 Å². The van der Waals surface area contributed by atoms with Crippen molar-refractivity contribution in [3.8, 4) is 0 Å². The highest BCUT2D eigenvalue weighted by Crippen LogP contribution is 2.33. The predicted molar refractivity (Wildman–Crippen MR) is 98.8 cm³/mol. The molecule has 1 aliphatic heterocycles. The molecule has 2 N–H and O–H groups in total. The maximum Gasteiger partial charge on any atom is 0.321 e. The lowest BCUT2D eigenvalue weighted by molar-refractivity contribution is 0.0708. The van der Waals surface area contributed by atoms with Gasteiger partial charge in [0, 0.05) is 28.7 Å². The summed E-state index contributed by atoms with van der Waals surface area (Å²) < 4.78 is 0. The lowest BCUT2D eigenvalue weighted by Gasteiger charge is -2.34. The molecule has 1 saturated heterocycles. The first-order valence-electron chi connectivity index (χ1n) is 8.09. The van der Waals surface area contributed by atoms with Gasteiger partial charge in [-0.1, -0.05) is 23.7 Å². The highest BCUT2D eigenvalue weighted by Gasteiger charge is 2.28. The van der Waals surface area contributed by atoms with Crippen LogP contribution in [0, 0.1) is 12.8 Å². The second kappa shape index (κ2) is 7.55. The lowest BCUT2D eigenvalue weighted by Crippen LogP contribution is -2.42. The maximum absolute atomic E-state index is 12.4. The fourth-order valence-corrected chi connectivity index (χ4v) is 4.03. The quantitative estimate of drug-likeness (QED) is 0.830. The first kappa shape index (κ1) is 17.3. The van der Waals surface area contributed by atoms with Gasteiger partial charge in [0.2, 0.25) is 0 Å². The molecule has 0 radical (unpaired) electrons. The second-order valence-corrected chi connectivity index (χ2v) is 7.51. The average molecular weight is 365 g/mol. The van der Waals surface area contributed by atoms with E-state index in [1.165, 1.54) is 0 Å². The summed E-state index contributed by atoms with van der Waals surface area (Å²) in [5.74, 6) is 0.209. The lowest BCUT2D eigenvalue weighted by atomic mass is 9.90. The largest absolute Gasteiger partial charge is 0.387 e. The van der Waals surface area contributed by atoms with E-state index in [9.17, 15) is 9.90 Å². The van der Waals surface area contributed by atoms with Crippen LogP contribution in [-0.4, -0.2) is 29.1 Å². The summed E-state index contributed by atoms with van der Waals surface area (Å²) in [6, 6.07) is 9.31. The first-order chi connectivity index (χ1) is 11.6. The molecule has 0 aliphatic carbocycles. The van der Waals surface area contributed by atoms with E-state index in [-0.39, 0.29) is 11.9 Å². The van der Waals surface area contributed by atoms with E-state index in [0.717, 1.165) is 29.0 Å². The number of piperidine rings is 1. The van der Waals surface area contributed by atoms with E-state index in [1.54, 1.807) is 16.2 Å². The number of nitrogens with one attached hydrogen (secondary N) is 1. The summed E-state index contributed by atoms with van der Waals surface area (Å²) in [6.07, 6.45) is 1.19. The molecule has 128 valence electrons. The molecule has 3 rings (SSSR count). The topological polar surface area (TPSA) is 52.6 Å². The van der Waals surface area contributed by atoms with Crippen LogP contribution in [0.1, 0.15) is 29.4 Å². The second-order valence-electron chi connectivity index (χ2n) is 6.13. The molecule has 0 saturated carbocycles. The van der Waals surface area contributed by atoms with Crippen molar-refractivity contribution in [2.24, 2.45) is 5.92 Å². The van der Waals surface area contributed by atoms with Crippen molar-refractivity contribution in [3.63, 3.8) is 0 Å². The van der Waals surface area contributed by atoms with Crippen LogP contribution in [0.5, 0.6) is 0 Å². The third kappa shape index (κ3) is 3.74. The van der Waals surface area contributed by atoms with Crippen molar-refractivity contribution in [1.82, 2.24) is 4.90 Å². The Hall–Kier alpha value is -1.56. The minimum Gasteiger partial charge on any atom is -0.387 e. The average Bonchev–Trinajstić information content (AvgIpc) is 3.13. The normalized spacial score (nSPS) is 16.9. The van der Waals surface area contributed by atoms with Gasteiger partial charge in [0.1, 0.15) is 0 Å². The predicted octanol–water partition coefficient (Wildman–Crippen LogP) is 4.69. The summed E-state index contributed by atoms with van der Waals surface area (Å²) in [7, 11) is 0. The monoisotopic (exact) mass is 364 g/mol. The first-order valence-corrected chi connectivity index (χ1v) is 9.34. The molecule has 0 spiro atoms. The highest BCUT2D eigenvalue weighted by molar-refractivity contribution is 7.10. The summed E-state index contributed by atoms with van der Waals surface area (Å²) in [5, 5.41) is 16.0. The zero-order valence-electron chi connectivity index (χ0n) is 13.5. The molecule has 6 heteroatoms. The smallest absolute Gasteiger partial charge is 0.321 e. The zero-order valence-corrected chi connectivity index (χ0v) is 15.1. The summed E-state index contributed by atoms with van der Waals surface area (Å²) in [6.45, 7) is 3.19. The summed E-state index contributed by atoms with van der Waals surface area (Å²) >= 11 is 7.68. The van der Waals surface area contributed by atoms with Crippen LogP contribution in [0.3, 0.4) is 0 Å². The maximum atomic E-state index is 12.4. The van der Waals surface area contributed by atoms with Crippen molar-refractivity contribution in [2.75, 3.05) is 18.4 Å². The molecule has 2 amide bonds. The van der Waals surface area contributed by atoms with Gasteiger partial charge >= 0.3 is 6.03 Å². The van der Waals surface area contributed by atoms with Gasteiger partial charge in [-0.3, -0.25) is 0 Å². The Morgan fingerprint density at radius 3 is 2.75 bits per heavy atom. The van der Waals surface area contributed by atoms with E-state index in [4.69, 9.17) is 11.6 Å². The number of rotatable bonds is 3. The fourth-order valence-electron chi connectivity index (χ4n) is 3.05. The van der Waals surface area contributed by atoms with Gasteiger partial charge in [-0.15, -0.1) is 11.3 Å². The van der Waals surface area contributed by atoms with E-state index in [0.29, 0.717) is 18.1 Å². The number of anilines is 1. The van der Waals surface area contributed by atoms with Gasteiger partial charge < -0.3 is 15.3 Å². The Kier molecular flexibility index (Phi) is 5.43. The Morgan fingerprint density at radius 1 is 1.33 bits per heavy atom. The molecule has 4 nitrogen and oxygen atoms in total. The zero-order chi connectivity index (χ0) is 17.1. The molecule has 1 atom stereocenters. The molecule has 1 aromatic carbocycles. The molecule has 1 aromatic heterocycles. The number of hydrogen-bond acceptors (Lipinski definition) is 3. The highest BCUT2D eigenvalue weighted by atomic mass is 35.5. The Bertz CT molecular complexity index is 697. The van der Waals surface area contributed by atoms with Gasteiger partial charge in [0.15, 0.2) is 0 Å². The molecule has 1 aliphatic rings. The minimum absolute atomic E-state index is 0.107. The molecule has 2 heterocycles. The number of amides is 2. The SMILES string of the molecule is Cc1c(Cl)cccc1NC(=O)N1CCC(C(O)c2cccs2)CC1. The molecule has 1 unspecified atom stereocenters. The minimum atomic E-state index is -0.426. The van der Waals surface area contributed by atoms with Gasteiger partial charge in [0.05, 0.1) is 6.10 Å². The number of aliphatic hydroxyl groups is 1. The summed E-state index contributed by atoms with van der Waals surface area (Å²) in [5.41, 5.74) is 1.61. The Balaban J connectivity index is 1.56. The number of aliphatic hydroxyl groups excluding tert-OH is 1. The van der Waals surface area contributed by atoms with Crippen LogP contribution in [0.4, 0.5) is 10.5 Å². The van der Waals surface area contributed by atoms with Gasteiger partial charge in [0.25, 0.3) is 0 Å².